The van der Waals surface area contributed by atoms with E-state index >= 15 is 0 Å². The van der Waals surface area contributed by atoms with E-state index in [0.29, 0.717) is 23.7 Å². The second-order valence-electron chi connectivity index (χ2n) is 4.87. The summed E-state index contributed by atoms with van der Waals surface area (Å²) in [4.78, 5) is 13.9. The fourth-order valence-corrected chi connectivity index (χ4v) is 2.44. The molecular weight excluding hydrogens is 377 g/mol. The van der Waals surface area contributed by atoms with Crippen molar-refractivity contribution in [3.8, 4) is 0 Å². The molecule has 19 heavy (non-hydrogen) atoms. The van der Waals surface area contributed by atoms with Crippen LogP contribution in [0.25, 0.3) is 0 Å². The van der Waals surface area contributed by atoms with Crippen molar-refractivity contribution in [3.05, 3.63) is 32.4 Å². The lowest BCUT2D eigenvalue weighted by Gasteiger charge is -2.18. The molecule has 2 rings (SSSR count). The number of carbonyl (C=O) groups is 1. The molecule has 1 aliphatic rings. The van der Waals surface area contributed by atoms with Crippen LogP contribution in [0.2, 0.25) is 5.02 Å². The Bertz CT molecular complexity index is 463. The molecule has 0 atom stereocenters. The summed E-state index contributed by atoms with van der Waals surface area (Å²) in [5.74, 6) is 0.747. The smallest absolute Gasteiger partial charge is 0.254 e. The monoisotopic (exact) mass is 393 g/mol. The van der Waals surface area contributed by atoms with Gasteiger partial charge in [-0.25, -0.2) is 0 Å². The van der Waals surface area contributed by atoms with Crippen LogP contribution in [0.5, 0.6) is 0 Å². The number of nitrogens with zero attached hydrogens (tertiary/aromatic N) is 1. The van der Waals surface area contributed by atoms with Gasteiger partial charge in [0.25, 0.3) is 5.91 Å². The molecule has 1 aliphatic carbocycles. The van der Waals surface area contributed by atoms with Crippen molar-refractivity contribution in [1.82, 2.24) is 4.90 Å². The van der Waals surface area contributed by atoms with E-state index in [2.05, 4.69) is 22.6 Å². The van der Waals surface area contributed by atoms with Crippen molar-refractivity contribution < 1.29 is 9.53 Å². The van der Waals surface area contributed by atoms with Gasteiger partial charge in [0, 0.05) is 28.8 Å². The number of likely N-dealkylation sites (N-methyl/N-ethyl adjacent to an activating group) is 1. The van der Waals surface area contributed by atoms with Gasteiger partial charge >= 0.3 is 0 Å². The Kier molecular flexibility index (Phi) is 5.47. The molecule has 0 aromatic heterocycles. The highest BCUT2D eigenvalue weighted by atomic mass is 127. The summed E-state index contributed by atoms with van der Waals surface area (Å²) < 4.78 is 6.46. The number of hydrogen-bond donors (Lipinski definition) is 0. The third kappa shape index (κ3) is 4.61. The first-order valence-electron chi connectivity index (χ1n) is 6.36. The minimum atomic E-state index is -0.0121. The molecule has 1 fully saturated rings. The van der Waals surface area contributed by atoms with Crippen molar-refractivity contribution >= 4 is 40.1 Å². The van der Waals surface area contributed by atoms with E-state index in [1.165, 1.54) is 12.8 Å². The lowest BCUT2D eigenvalue weighted by molar-refractivity contribution is 0.0680. The van der Waals surface area contributed by atoms with Gasteiger partial charge in [0.1, 0.15) is 0 Å². The minimum absolute atomic E-state index is 0.0121. The summed E-state index contributed by atoms with van der Waals surface area (Å²) in [7, 11) is 1.79. The summed E-state index contributed by atoms with van der Waals surface area (Å²) in [6, 6.07) is 5.36. The van der Waals surface area contributed by atoms with Gasteiger partial charge in [-0.15, -0.1) is 0 Å². The zero-order valence-electron chi connectivity index (χ0n) is 10.9. The number of rotatable bonds is 6. The van der Waals surface area contributed by atoms with Crippen LogP contribution in [0.4, 0.5) is 0 Å². The Morgan fingerprint density at radius 3 is 2.95 bits per heavy atom. The van der Waals surface area contributed by atoms with Crippen LogP contribution in [-0.4, -0.2) is 37.6 Å². The highest BCUT2D eigenvalue weighted by molar-refractivity contribution is 14.1. The van der Waals surface area contributed by atoms with Crippen molar-refractivity contribution in [2.24, 2.45) is 5.92 Å². The van der Waals surface area contributed by atoms with Gasteiger partial charge in [-0.2, -0.15) is 0 Å². The van der Waals surface area contributed by atoms with Crippen LogP contribution in [0.15, 0.2) is 18.2 Å². The molecule has 0 N–H and O–H groups in total. The van der Waals surface area contributed by atoms with Gasteiger partial charge in [0.2, 0.25) is 0 Å². The van der Waals surface area contributed by atoms with Gasteiger partial charge < -0.3 is 9.64 Å². The van der Waals surface area contributed by atoms with Crippen molar-refractivity contribution in [1.29, 1.82) is 0 Å². The van der Waals surface area contributed by atoms with Gasteiger partial charge in [-0.3, -0.25) is 4.79 Å². The van der Waals surface area contributed by atoms with E-state index in [9.17, 15) is 4.79 Å². The highest BCUT2D eigenvalue weighted by Gasteiger charge is 2.21. The quantitative estimate of drug-likeness (QED) is 0.547. The van der Waals surface area contributed by atoms with Crippen molar-refractivity contribution in [2.75, 3.05) is 26.8 Å². The average molecular weight is 394 g/mol. The van der Waals surface area contributed by atoms with Crippen LogP contribution < -0.4 is 0 Å². The molecule has 1 aromatic rings. The molecule has 1 amide bonds. The van der Waals surface area contributed by atoms with Gasteiger partial charge in [0.15, 0.2) is 0 Å². The first kappa shape index (κ1) is 15.1. The molecule has 0 spiro atoms. The number of amides is 1. The van der Waals surface area contributed by atoms with Gasteiger partial charge in [0.05, 0.1) is 12.2 Å². The molecule has 0 aliphatic heterocycles. The first-order valence-corrected chi connectivity index (χ1v) is 7.82. The summed E-state index contributed by atoms with van der Waals surface area (Å²) in [5, 5.41) is 0.585. The van der Waals surface area contributed by atoms with Crippen LogP contribution in [-0.2, 0) is 4.74 Å². The number of halogens is 2. The standard InChI is InChI=1S/C14H17ClINO2/c1-17(6-7-19-9-10-2-3-10)14(18)12-8-11(15)4-5-13(12)16/h4-5,8,10H,2-3,6-7,9H2,1H3. The van der Waals surface area contributed by atoms with Crippen LogP contribution in [0.3, 0.4) is 0 Å². The van der Waals surface area contributed by atoms with E-state index in [1.54, 1.807) is 24.1 Å². The zero-order chi connectivity index (χ0) is 13.8. The minimum Gasteiger partial charge on any atom is -0.379 e. The fraction of sp³-hybridized carbons (Fsp3) is 0.500. The molecule has 1 saturated carbocycles. The predicted octanol–water partition coefficient (Wildman–Crippen LogP) is 3.44. The maximum atomic E-state index is 12.3. The zero-order valence-corrected chi connectivity index (χ0v) is 13.8. The Labute approximate surface area is 132 Å². The molecular formula is C14H17ClINO2. The van der Waals surface area contributed by atoms with Crippen LogP contribution in [0.1, 0.15) is 23.2 Å². The predicted molar refractivity (Wildman–Crippen MR) is 84.7 cm³/mol. The second kappa shape index (κ2) is 6.90. The molecule has 1 aromatic carbocycles. The maximum Gasteiger partial charge on any atom is 0.254 e. The summed E-state index contributed by atoms with van der Waals surface area (Å²) in [6.45, 7) is 2.03. The molecule has 0 heterocycles. The summed E-state index contributed by atoms with van der Waals surface area (Å²) in [6.07, 6.45) is 2.57. The maximum absolute atomic E-state index is 12.3. The van der Waals surface area contributed by atoms with E-state index < -0.39 is 0 Å². The first-order chi connectivity index (χ1) is 9.08. The summed E-state index contributed by atoms with van der Waals surface area (Å²) in [5.41, 5.74) is 0.651. The SMILES string of the molecule is CN(CCOCC1CC1)C(=O)c1cc(Cl)ccc1I. The molecule has 0 saturated heterocycles. The summed E-state index contributed by atoms with van der Waals surface area (Å²) >= 11 is 8.09. The van der Waals surface area contributed by atoms with E-state index in [4.69, 9.17) is 16.3 Å². The van der Waals surface area contributed by atoms with Crippen LogP contribution in [0, 0.1) is 9.49 Å². The Morgan fingerprint density at radius 2 is 2.26 bits per heavy atom. The van der Waals surface area contributed by atoms with Crippen LogP contribution >= 0.6 is 34.2 Å². The van der Waals surface area contributed by atoms with Crippen molar-refractivity contribution in [2.45, 2.75) is 12.8 Å². The lowest BCUT2D eigenvalue weighted by Crippen LogP contribution is -2.30. The third-order valence-electron chi connectivity index (χ3n) is 3.13. The molecule has 0 radical (unpaired) electrons. The molecule has 3 nitrogen and oxygen atoms in total. The van der Waals surface area contributed by atoms with E-state index in [0.717, 1.165) is 16.1 Å². The number of carbonyl (C=O) groups excluding carboxylic acids is 1. The Hall–Kier alpha value is -0.330. The molecule has 5 heteroatoms. The molecule has 0 unspecified atom stereocenters. The lowest BCUT2D eigenvalue weighted by atomic mass is 10.2. The third-order valence-corrected chi connectivity index (χ3v) is 4.30. The molecule has 104 valence electrons. The van der Waals surface area contributed by atoms with E-state index in [1.807, 2.05) is 6.07 Å². The normalized spacial score (nSPS) is 14.5. The number of benzene rings is 1. The van der Waals surface area contributed by atoms with Crippen molar-refractivity contribution in [3.63, 3.8) is 0 Å². The largest absolute Gasteiger partial charge is 0.379 e. The topological polar surface area (TPSA) is 29.5 Å². The Morgan fingerprint density at radius 1 is 1.53 bits per heavy atom. The number of ether oxygens (including phenoxy) is 1. The average Bonchev–Trinajstić information content (AvgIpc) is 3.20. The molecule has 0 bridgehead atoms. The Balaban J connectivity index is 1.84. The number of hydrogen-bond acceptors (Lipinski definition) is 2. The fourth-order valence-electron chi connectivity index (χ4n) is 1.70. The highest BCUT2D eigenvalue weighted by Crippen LogP contribution is 2.28. The van der Waals surface area contributed by atoms with Gasteiger partial charge in [-0.05, 0) is 59.5 Å². The van der Waals surface area contributed by atoms with E-state index in [-0.39, 0.29) is 5.91 Å². The second-order valence-corrected chi connectivity index (χ2v) is 6.47. The van der Waals surface area contributed by atoms with Gasteiger partial charge in [-0.1, -0.05) is 11.6 Å².